The molecule has 2 aromatic rings. The van der Waals surface area contributed by atoms with E-state index in [1.54, 1.807) is 0 Å². The minimum Gasteiger partial charge on any atom is -0.443 e. The van der Waals surface area contributed by atoms with Crippen molar-refractivity contribution in [2.24, 2.45) is 0 Å². The van der Waals surface area contributed by atoms with Crippen LogP contribution in [0, 0.1) is 13.8 Å². The van der Waals surface area contributed by atoms with Crippen LogP contribution in [-0.2, 0) is 0 Å². The van der Waals surface area contributed by atoms with E-state index in [4.69, 9.17) is 4.42 Å². The predicted molar refractivity (Wildman–Crippen MR) is 43.5 cm³/mol. The molecule has 0 atom stereocenters. The number of aromatic nitrogens is 1. The van der Waals surface area contributed by atoms with Gasteiger partial charge in [-0.3, -0.25) is 0 Å². The zero-order valence-electron chi connectivity index (χ0n) is 6.59. The van der Waals surface area contributed by atoms with Crippen molar-refractivity contribution in [3.05, 3.63) is 29.7 Å². The molecule has 11 heavy (non-hydrogen) atoms. The molecule has 1 aromatic heterocycles. The largest absolute Gasteiger partial charge is 0.443 e. The SMILES string of the molecule is Cc1cc(C)c2ocnc2c1. The fraction of sp³-hybridized carbons (Fsp3) is 0.222. The molecular formula is C9H9NO. The van der Waals surface area contributed by atoms with Crippen molar-refractivity contribution < 1.29 is 4.42 Å². The van der Waals surface area contributed by atoms with Gasteiger partial charge < -0.3 is 4.42 Å². The maximum absolute atomic E-state index is 5.19. The maximum Gasteiger partial charge on any atom is 0.181 e. The molecule has 0 aliphatic rings. The molecule has 0 spiro atoms. The molecule has 2 nitrogen and oxygen atoms in total. The highest BCUT2D eigenvalue weighted by molar-refractivity contribution is 5.76. The fourth-order valence-corrected chi connectivity index (χ4v) is 1.32. The van der Waals surface area contributed by atoms with Crippen molar-refractivity contribution in [1.82, 2.24) is 4.98 Å². The highest BCUT2D eigenvalue weighted by Crippen LogP contribution is 2.18. The van der Waals surface area contributed by atoms with Crippen LogP contribution in [0.5, 0.6) is 0 Å². The number of benzene rings is 1. The molecule has 0 bridgehead atoms. The summed E-state index contributed by atoms with van der Waals surface area (Å²) in [4.78, 5) is 4.07. The van der Waals surface area contributed by atoms with Crippen LogP contribution in [0.1, 0.15) is 11.1 Å². The molecule has 0 radical (unpaired) electrons. The summed E-state index contributed by atoms with van der Waals surface area (Å²) < 4.78 is 5.19. The highest BCUT2D eigenvalue weighted by atomic mass is 16.3. The van der Waals surface area contributed by atoms with E-state index in [1.807, 2.05) is 13.0 Å². The van der Waals surface area contributed by atoms with Gasteiger partial charge in [0.25, 0.3) is 0 Å². The van der Waals surface area contributed by atoms with Crippen molar-refractivity contribution in [3.8, 4) is 0 Å². The number of aryl methyl sites for hydroxylation is 2. The third kappa shape index (κ3) is 0.909. The second kappa shape index (κ2) is 2.09. The molecule has 0 saturated heterocycles. The van der Waals surface area contributed by atoms with Crippen molar-refractivity contribution in [2.75, 3.05) is 0 Å². The molecule has 2 rings (SSSR count). The lowest BCUT2D eigenvalue weighted by atomic mass is 10.1. The molecule has 1 aromatic carbocycles. The Morgan fingerprint density at radius 3 is 2.91 bits per heavy atom. The lowest BCUT2D eigenvalue weighted by molar-refractivity contribution is 0.600. The maximum atomic E-state index is 5.19. The third-order valence-electron chi connectivity index (χ3n) is 1.76. The summed E-state index contributed by atoms with van der Waals surface area (Å²) in [5.74, 6) is 0. The molecule has 2 heteroatoms. The average Bonchev–Trinajstić information content (AvgIpc) is 2.34. The topological polar surface area (TPSA) is 26.0 Å². The standard InChI is InChI=1S/C9H9NO/c1-6-3-7(2)9-8(4-6)10-5-11-9/h3-5H,1-2H3. The quantitative estimate of drug-likeness (QED) is 0.572. The smallest absolute Gasteiger partial charge is 0.181 e. The number of hydrogen-bond acceptors (Lipinski definition) is 2. The Hall–Kier alpha value is -1.31. The molecule has 1 heterocycles. The second-order valence-electron chi connectivity index (χ2n) is 2.78. The van der Waals surface area contributed by atoms with Gasteiger partial charge in [0.05, 0.1) is 0 Å². The molecule has 0 aliphatic carbocycles. The normalized spacial score (nSPS) is 10.7. The zero-order chi connectivity index (χ0) is 7.84. The van der Waals surface area contributed by atoms with Crippen LogP contribution in [0.15, 0.2) is 22.9 Å². The Bertz CT molecular complexity index is 389. The van der Waals surface area contributed by atoms with E-state index in [0.29, 0.717) is 0 Å². The number of rotatable bonds is 0. The van der Waals surface area contributed by atoms with Gasteiger partial charge in [-0.1, -0.05) is 6.07 Å². The van der Waals surface area contributed by atoms with Gasteiger partial charge in [-0.2, -0.15) is 0 Å². The summed E-state index contributed by atoms with van der Waals surface area (Å²) in [6.07, 6.45) is 1.48. The van der Waals surface area contributed by atoms with Crippen LogP contribution in [0.4, 0.5) is 0 Å². The first-order chi connectivity index (χ1) is 5.27. The van der Waals surface area contributed by atoms with E-state index in [9.17, 15) is 0 Å². The van der Waals surface area contributed by atoms with E-state index in [-0.39, 0.29) is 0 Å². The molecule has 0 N–H and O–H groups in total. The Kier molecular flexibility index (Phi) is 1.22. The van der Waals surface area contributed by atoms with E-state index < -0.39 is 0 Å². The van der Waals surface area contributed by atoms with Crippen molar-refractivity contribution >= 4 is 11.1 Å². The van der Waals surface area contributed by atoms with Gasteiger partial charge in [-0.05, 0) is 31.0 Å². The lowest BCUT2D eigenvalue weighted by Crippen LogP contribution is -1.77. The van der Waals surface area contributed by atoms with Gasteiger partial charge in [-0.15, -0.1) is 0 Å². The first-order valence-electron chi connectivity index (χ1n) is 3.58. The molecule has 0 unspecified atom stereocenters. The predicted octanol–water partition coefficient (Wildman–Crippen LogP) is 2.44. The van der Waals surface area contributed by atoms with E-state index in [0.717, 1.165) is 16.7 Å². The highest BCUT2D eigenvalue weighted by Gasteiger charge is 2.01. The van der Waals surface area contributed by atoms with Crippen LogP contribution in [-0.4, -0.2) is 4.98 Å². The van der Waals surface area contributed by atoms with E-state index in [2.05, 4.69) is 18.0 Å². The van der Waals surface area contributed by atoms with E-state index >= 15 is 0 Å². The molecule has 0 saturated carbocycles. The zero-order valence-corrected chi connectivity index (χ0v) is 6.59. The molecular weight excluding hydrogens is 138 g/mol. The number of hydrogen-bond donors (Lipinski definition) is 0. The summed E-state index contributed by atoms with van der Waals surface area (Å²) in [5.41, 5.74) is 4.22. The Balaban J connectivity index is 2.91. The molecule has 0 fully saturated rings. The number of oxazole rings is 1. The van der Waals surface area contributed by atoms with E-state index in [1.165, 1.54) is 12.0 Å². The summed E-state index contributed by atoms with van der Waals surface area (Å²) in [6, 6.07) is 4.11. The van der Waals surface area contributed by atoms with Crippen LogP contribution in [0.2, 0.25) is 0 Å². The van der Waals surface area contributed by atoms with Gasteiger partial charge in [0.1, 0.15) is 5.52 Å². The molecule has 56 valence electrons. The van der Waals surface area contributed by atoms with Crippen LogP contribution in [0.3, 0.4) is 0 Å². The van der Waals surface area contributed by atoms with Gasteiger partial charge in [0.2, 0.25) is 0 Å². The average molecular weight is 147 g/mol. The summed E-state index contributed by atoms with van der Waals surface area (Å²) in [7, 11) is 0. The first kappa shape index (κ1) is 6.40. The fourth-order valence-electron chi connectivity index (χ4n) is 1.32. The molecule has 0 amide bonds. The summed E-state index contributed by atoms with van der Waals surface area (Å²) in [6.45, 7) is 4.08. The van der Waals surface area contributed by atoms with Gasteiger partial charge in [0.15, 0.2) is 12.0 Å². The minimum atomic E-state index is 0.899. The number of fused-ring (bicyclic) bond motifs is 1. The van der Waals surface area contributed by atoms with Crippen molar-refractivity contribution in [2.45, 2.75) is 13.8 Å². The molecule has 0 aliphatic heterocycles. The van der Waals surface area contributed by atoms with Crippen molar-refractivity contribution in [3.63, 3.8) is 0 Å². The minimum absolute atomic E-state index is 0.899. The van der Waals surface area contributed by atoms with Gasteiger partial charge >= 0.3 is 0 Å². The van der Waals surface area contributed by atoms with Crippen LogP contribution in [0.25, 0.3) is 11.1 Å². The number of nitrogens with zero attached hydrogens (tertiary/aromatic N) is 1. The third-order valence-corrected chi connectivity index (χ3v) is 1.76. The monoisotopic (exact) mass is 147 g/mol. The van der Waals surface area contributed by atoms with Crippen LogP contribution >= 0.6 is 0 Å². The van der Waals surface area contributed by atoms with Gasteiger partial charge in [-0.25, -0.2) is 4.98 Å². The van der Waals surface area contributed by atoms with Crippen LogP contribution < -0.4 is 0 Å². The van der Waals surface area contributed by atoms with Crippen molar-refractivity contribution in [1.29, 1.82) is 0 Å². The Labute approximate surface area is 64.9 Å². The second-order valence-corrected chi connectivity index (χ2v) is 2.78. The Morgan fingerprint density at radius 1 is 1.27 bits per heavy atom. The summed E-state index contributed by atoms with van der Waals surface area (Å²) >= 11 is 0. The summed E-state index contributed by atoms with van der Waals surface area (Å²) in [5, 5.41) is 0. The Morgan fingerprint density at radius 2 is 2.09 bits per heavy atom. The first-order valence-corrected chi connectivity index (χ1v) is 3.58. The lowest BCUT2D eigenvalue weighted by Gasteiger charge is -1.94. The van der Waals surface area contributed by atoms with Gasteiger partial charge in [0, 0.05) is 0 Å².